The first-order valence-electron chi connectivity index (χ1n) is 8.80. The number of hydrogen-bond acceptors (Lipinski definition) is 4. The van der Waals surface area contributed by atoms with Gasteiger partial charge in [0.2, 0.25) is 10.0 Å². The molecule has 22 heavy (non-hydrogen) atoms. The highest BCUT2D eigenvalue weighted by molar-refractivity contribution is 7.88. The van der Waals surface area contributed by atoms with Crippen LogP contribution >= 0.6 is 0 Å². The van der Waals surface area contributed by atoms with Crippen LogP contribution in [0.5, 0.6) is 0 Å². The Morgan fingerprint density at radius 2 is 1.91 bits per heavy atom. The van der Waals surface area contributed by atoms with Crippen LogP contribution in [0.25, 0.3) is 0 Å². The molecule has 3 rings (SSSR count). The average molecular weight is 330 g/mol. The summed E-state index contributed by atoms with van der Waals surface area (Å²) in [6, 6.07) is 0.642. The Labute approximate surface area is 134 Å². The Morgan fingerprint density at radius 1 is 1.14 bits per heavy atom. The molecule has 1 spiro atoms. The van der Waals surface area contributed by atoms with Gasteiger partial charge in [-0.2, -0.15) is 0 Å². The molecule has 128 valence electrons. The summed E-state index contributed by atoms with van der Waals surface area (Å²) >= 11 is 0. The minimum absolute atomic E-state index is 0.105. The molecule has 1 saturated heterocycles. The molecule has 2 N–H and O–H groups in total. The van der Waals surface area contributed by atoms with E-state index in [1.165, 1.54) is 31.9 Å². The van der Waals surface area contributed by atoms with Crippen molar-refractivity contribution in [2.45, 2.75) is 75.5 Å². The van der Waals surface area contributed by atoms with E-state index in [1.54, 1.807) is 0 Å². The highest BCUT2D eigenvalue weighted by Gasteiger charge is 2.42. The lowest BCUT2D eigenvalue weighted by Gasteiger charge is -2.47. The number of nitrogens with one attached hydrogen (secondary N) is 2. The number of ether oxygens (including phenoxy) is 1. The van der Waals surface area contributed by atoms with Crippen molar-refractivity contribution in [3.05, 3.63) is 0 Å². The minimum Gasteiger partial charge on any atom is -0.375 e. The Balaban J connectivity index is 1.50. The Bertz CT molecular complexity index is 476. The molecular formula is C16H30N2O3S. The van der Waals surface area contributed by atoms with Gasteiger partial charge in [-0.15, -0.1) is 0 Å². The second-order valence-electron chi connectivity index (χ2n) is 7.52. The largest absolute Gasteiger partial charge is 0.375 e. The molecule has 3 atom stereocenters. The quantitative estimate of drug-likeness (QED) is 0.806. The summed E-state index contributed by atoms with van der Waals surface area (Å²) in [5, 5.41) is 3.72. The first-order chi connectivity index (χ1) is 10.5. The molecule has 2 aliphatic carbocycles. The van der Waals surface area contributed by atoms with Crippen molar-refractivity contribution in [1.29, 1.82) is 0 Å². The summed E-state index contributed by atoms with van der Waals surface area (Å²) in [5.41, 5.74) is 0.174. The van der Waals surface area contributed by atoms with Crippen molar-refractivity contribution in [3.8, 4) is 0 Å². The van der Waals surface area contributed by atoms with Crippen molar-refractivity contribution in [1.82, 2.24) is 10.0 Å². The summed E-state index contributed by atoms with van der Waals surface area (Å²) in [6.07, 6.45) is 11.6. The first kappa shape index (κ1) is 16.7. The lowest BCUT2D eigenvalue weighted by molar-refractivity contribution is -0.135. The second kappa shape index (κ2) is 6.75. The maximum atomic E-state index is 11.5. The number of sulfonamides is 1. The van der Waals surface area contributed by atoms with E-state index in [9.17, 15) is 8.42 Å². The van der Waals surface area contributed by atoms with Gasteiger partial charge in [-0.25, -0.2) is 13.1 Å². The SMILES string of the molecule is CS(=O)(=O)N[C@@H]1CCCC[C@@H]1CN[C@@H]1CCOC2(CCC2)C1. The van der Waals surface area contributed by atoms with Gasteiger partial charge in [-0.1, -0.05) is 12.8 Å². The predicted molar refractivity (Wildman–Crippen MR) is 87.3 cm³/mol. The fourth-order valence-electron chi connectivity index (χ4n) is 4.32. The topological polar surface area (TPSA) is 67.4 Å². The van der Waals surface area contributed by atoms with E-state index in [0.29, 0.717) is 12.0 Å². The first-order valence-corrected chi connectivity index (χ1v) is 10.7. The van der Waals surface area contributed by atoms with E-state index in [1.807, 2.05) is 0 Å². The molecule has 5 nitrogen and oxygen atoms in total. The van der Waals surface area contributed by atoms with Crippen molar-refractivity contribution >= 4 is 10.0 Å². The smallest absolute Gasteiger partial charge is 0.208 e. The Morgan fingerprint density at radius 3 is 2.59 bits per heavy atom. The van der Waals surface area contributed by atoms with Crippen LogP contribution in [0.3, 0.4) is 0 Å². The normalized spacial score (nSPS) is 35.2. The molecule has 2 saturated carbocycles. The number of rotatable bonds is 5. The van der Waals surface area contributed by atoms with Crippen molar-refractivity contribution in [3.63, 3.8) is 0 Å². The van der Waals surface area contributed by atoms with Crippen molar-refractivity contribution < 1.29 is 13.2 Å². The second-order valence-corrected chi connectivity index (χ2v) is 9.30. The predicted octanol–water partition coefficient (Wildman–Crippen LogP) is 1.79. The van der Waals surface area contributed by atoms with Gasteiger partial charge in [-0.3, -0.25) is 0 Å². The molecule has 0 unspecified atom stereocenters. The van der Waals surface area contributed by atoms with Crippen molar-refractivity contribution in [2.75, 3.05) is 19.4 Å². The maximum absolute atomic E-state index is 11.5. The average Bonchev–Trinajstić information content (AvgIpc) is 2.43. The fourth-order valence-corrected chi connectivity index (χ4v) is 5.18. The van der Waals surface area contributed by atoms with Gasteiger partial charge >= 0.3 is 0 Å². The summed E-state index contributed by atoms with van der Waals surface area (Å²) in [5.74, 6) is 0.420. The highest BCUT2D eigenvalue weighted by atomic mass is 32.2. The summed E-state index contributed by atoms with van der Waals surface area (Å²) in [6.45, 7) is 1.79. The zero-order valence-electron chi connectivity index (χ0n) is 13.6. The van der Waals surface area contributed by atoms with Gasteiger partial charge < -0.3 is 10.1 Å². The van der Waals surface area contributed by atoms with Crippen LogP contribution in [0.4, 0.5) is 0 Å². The van der Waals surface area contributed by atoms with Gasteiger partial charge in [-0.05, 0) is 57.4 Å². The standard InChI is InChI=1S/C16H30N2O3S/c1-22(19,20)18-15-6-3-2-5-13(15)12-17-14-7-10-21-16(11-14)8-4-9-16/h13-15,17-18H,2-12H2,1H3/t13-,14-,15-/m1/s1. The lowest BCUT2D eigenvalue weighted by atomic mass is 9.74. The fraction of sp³-hybridized carbons (Fsp3) is 1.00. The van der Waals surface area contributed by atoms with E-state index in [2.05, 4.69) is 10.0 Å². The van der Waals surface area contributed by atoms with E-state index in [0.717, 1.165) is 45.3 Å². The minimum atomic E-state index is -3.11. The van der Waals surface area contributed by atoms with Crippen molar-refractivity contribution in [2.24, 2.45) is 5.92 Å². The highest BCUT2D eigenvalue weighted by Crippen LogP contribution is 2.42. The molecule has 1 aliphatic heterocycles. The Kier molecular flexibility index (Phi) is 5.12. The van der Waals surface area contributed by atoms with Gasteiger partial charge in [0.15, 0.2) is 0 Å². The summed E-state index contributed by atoms with van der Waals surface area (Å²) in [4.78, 5) is 0. The van der Waals surface area contributed by atoms with Crippen LogP contribution in [0, 0.1) is 5.92 Å². The molecule has 6 heteroatoms. The van der Waals surface area contributed by atoms with E-state index >= 15 is 0 Å². The third kappa shape index (κ3) is 4.22. The monoisotopic (exact) mass is 330 g/mol. The number of hydrogen-bond donors (Lipinski definition) is 2. The van der Waals surface area contributed by atoms with E-state index < -0.39 is 10.0 Å². The Hall–Kier alpha value is -0.170. The molecular weight excluding hydrogens is 300 g/mol. The van der Waals surface area contributed by atoms with E-state index in [4.69, 9.17) is 4.74 Å². The van der Waals surface area contributed by atoms with Gasteiger partial charge in [0, 0.05) is 18.7 Å². The lowest BCUT2D eigenvalue weighted by Crippen LogP contribution is -2.53. The molecule has 3 fully saturated rings. The maximum Gasteiger partial charge on any atom is 0.208 e. The molecule has 3 aliphatic rings. The summed E-state index contributed by atoms with van der Waals surface area (Å²) in [7, 11) is -3.11. The molecule has 0 bridgehead atoms. The molecule has 1 heterocycles. The molecule has 0 aromatic carbocycles. The van der Waals surface area contributed by atoms with Crippen LogP contribution < -0.4 is 10.0 Å². The molecule has 0 radical (unpaired) electrons. The third-order valence-corrected chi connectivity index (χ3v) is 6.43. The van der Waals surface area contributed by atoms with Crippen LogP contribution in [-0.4, -0.2) is 45.5 Å². The van der Waals surface area contributed by atoms with Gasteiger partial charge in [0.25, 0.3) is 0 Å². The molecule has 0 aromatic heterocycles. The zero-order chi connectivity index (χ0) is 15.6. The van der Waals surface area contributed by atoms with Crippen LogP contribution in [0.15, 0.2) is 0 Å². The van der Waals surface area contributed by atoms with Crippen LogP contribution in [0.1, 0.15) is 57.8 Å². The van der Waals surface area contributed by atoms with E-state index in [-0.39, 0.29) is 11.6 Å². The van der Waals surface area contributed by atoms with Gasteiger partial charge in [0.05, 0.1) is 11.9 Å². The van der Waals surface area contributed by atoms with Crippen LogP contribution in [0.2, 0.25) is 0 Å². The summed E-state index contributed by atoms with van der Waals surface area (Å²) < 4.78 is 31.9. The third-order valence-electron chi connectivity index (χ3n) is 5.70. The van der Waals surface area contributed by atoms with Gasteiger partial charge in [0.1, 0.15) is 0 Å². The molecule has 0 aromatic rings. The zero-order valence-corrected chi connectivity index (χ0v) is 14.5. The molecule has 0 amide bonds. The van der Waals surface area contributed by atoms with Crippen LogP contribution in [-0.2, 0) is 14.8 Å².